The zero-order valence-electron chi connectivity index (χ0n) is 13.4. The van der Waals surface area contributed by atoms with Gasteiger partial charge in [0.15, 0.2) is 11.1 Å². The van der Waals surface area contributed by atoms with E-state index >= 15 is 0 Å². The molecule has 0 amide bonds. The van der Waals surface area contributed by atoms with E-state index in [1.54, 1.807) is 11.3 Å². The fourth-order valence-electron chi connectivity index (χ4n) is 2.01. The standard InChI is InChI=1S/C14H26N6S/c1-14(2,18(3)4)11-17-12(15)19-6-8-20(9-7-19)13-16-5-10-21-13/h5,10H,6-9,11H2,1-4H3,(H2,15,17). The van der Waals surface area contributed by atoms with Gasteiger partial charge < -0.3 is 20.4 Å². The molecule has 6 nitrogen and oxygen atoms in total. The van der Waals surface area contributed by atoms with Gasteiger partial charge in [-0.2, -0.15) is 0 Å². The van der Waals surface area contributed by atoms with Gasteiger partial charge >= 0.3 is 0 Å². The molecule has 1 aliphatic rings. The van der Waals surface area contributed by atoms with Crippen LogP contribution in [0.3, 0.4) is 0 Å². The summed E-state index contributed by atoms with van der Waals surface area (Å²) in [6.07, 6.45) is 1.85. The van der Waals surface area contributed by atoms with Crippen molar-refractivity contribution in [3.05, 3.63) is 11.6 Å². The Morgan fingerprint density at radius 1 is 1.38 bits per heavy atom. The number of likely N-dealkylation sites (N-methyl/N-ethyl adjacent to an activating group) is 1. The van der Waals surface area contributed by atoms with Crippen molar-refractivity contribution in [3.8, 4) is 0 Å². The number of nitrogens with zero attached hydrogens (tertiary/aromatic N) is 5. The number of hydrogen-bond donors (Lipinski definition) is 1. The Morgan fingerprint density at radius 2 is 2.05 bits per heavy atom. The van der Waals surface area contributed by atoms with Gasteiger partial charge in [-0.05, 0) is 27.9 Å². The molecule has 2 rings (SSSR count). The zero-order valence-corrected chi connectivity index (χ0v) is 14.2. The topological polar surface area (TPSA) is 61.0 Å². The molecule has 1 aromatic rings. The highest BCUT2D eigenvalue weighted by atomic mass is 32.1. The van der Waals surface area contributed by atoms with Crippen molar-refractivity contribution in [1.29, 1.82) is 0 Å². The van der Waals surface area contributed by atoms with E-state index in [4.69, 9.17) is 5.73 Å². The third-order valence-corrected chi connectivity index (χ3v) is 4.96. The van der Waals surface area contributed by atoms with Gasteiger partial charge in [-0.25, -0.2) is 4.98 Å². The predicted molar refractivity (Wildman–Crippen MR) is 90.2 cm³/mol. The largest absolute Gasteiger partial charge is 0.370 e. The Balaban J connectivity index is 1.87. The predicted octanol–water partition coefficient (Wildman–Crippen LogP) is 0.920. The van der Waals surface area contributed by atoms with Crippen molar-refractivity contribution < 1.29 is 0 Å². The molecule has 0 aliphatic carbocycles. The van der Waals surface area contributed by atoms with Gasteiger partial charge in [0.2, 0.25) is 0 Å². The molecule has 2 heterocycles. The lowest BCUT2D eigenvalue weighted by Gasteiger charge is -2.36. The molecule has 1 aliphatic heterocycles. The molecule has 1 aromatic heterocycles. The normalized spacial score (nSPS) is 17.7. The van der Waals surface area contributed by atoms with E-state index in [0.717, 1.165) is 31.3 Å². The third kappa shape index (κ3) is 4.07. The number of aromatic nitrogens is 1. The monoisotopic (exact) mass is 310 g/mol. The van der Waals surface area contributed by atoms with Gasteiger partial charge in [0.25, 0.3) is 0 Å². The second-order valence-electron chi connectivity index (χ2n) is 6.17. The summed E-state index contributed by atoms with van der Waals surface area (Å²) in [5.41, 5.74) is 6.17. The van der Waals surface area contributed by atoms with Crippen molar-refractivity contribution in [3.63, 3.8) is 0 Å². The number of nitrogens with two attached hydrogens (primary N) is 1. The van der Waals surface area contributed by atoms with E-state index in [1.165, 1.54) is 0 Å². The molecule has 1 saturated heterocycles. The first kappa shape index (κ1) is 16.0. The van der Waals surface area contributed by atoms with E-state index in [0.29, 0.717) is 12.5 Å². The molecule has 21 heavy (non-hydrogen) atoms. The second kappa shape index (κ2) is 6.62. The summed E-state index contributed by atoms with van der Waals surface area (Å²) in [5, 5.41) is 3.11. The lowest BCUT2D eigenvalue weighted by Crippen LogP contribution is -2.51. The smallest absolute Gasteiger partial charge is 0.191 e. The van der Waals surface area contributed by atoms with Crippen molar-refractivity contribution in [2.45, 2.75) is 19.4 Å². The Morgan fingerprint density at radius 3 is 2.57 bits per heavy atom. The molecule has 0 radical (unpaired) electrons. The third-order valence-electron chi connectivity index (χ3n) is 4.13. The first-order valence-electron chi connectivity index (χ1n) is 7.27. The number of rotatable bonds is 4. The molecular formula is C14H26N6S. The van der Waals surface area contributed by atoms with Gasteiger partial charge in [-0.3, -0.25) is 4.99 Å². The van der Waals surface area contributed by atoms with Crippen LogP contribution in [0.15, 0.2) is 16.6 Å². The number of hydrogen-bond acceptors (Lipinski definition) is 5. The number of thiazole rings is 1. The van der Waals surface area contributed by atoms with Crippen molar-refractivity contribution in [2.75, 3.05) is 51.7 Å². The highest BCUT2D eigenvalue weighted by Gasteiger charge is 2.22. The van der Waals surface area contributed by atoms with Gasteiger partial charge in [-0.15, -0.1) is 11.3 Å². The van der Waals surface area contributed by atoms with Crippen LogP contribution in [-0.2, 0) is 0 Å². The number of anilines is 1. The SMILES string of the molecule is CN(C)C(C)(C)CN=C(N)N1CCN(c2nccs2)CC1. The number of aliphatic imine (C=N–C) groups is 1. The van der Waals surface area contributed by atoms with Crippen LogP contribution in [0.1, 0.15) is 13.8 Å². The Hall–Kier alpha value is -1.34. The van der Waals surface area contributed by atoms with Gasteiger partial charge in [0.1, 0.15) is 0 Å². The van der Waals surface area contributed by atoms with Crippen molar-refractivity contribution in [1.82, 2.24) is 14.8 Å². The fraction of sp³-hybridized carbons (Fsp3) is 0.714. The van der Waals surface area contributed by atoms with Crippen LogP contribution < -0.4 is 10.6 Å². The zero-order chi connectivity index (χ0) is 15.5. The minimum atomic E-state index is 0.0212. The highest BCUT2D eigenvalue weighted by molar-refractivity contribution is 7.13. The van der Waals surface area contributed by atoms with Gasteiger partial charge in [0.05, 0.1) is 6.54 Å². The molecule has 0 saturated carbocycles. The van der Waals surface area contributed by atoms with Crippen LogP contribution in [-0.4, -0.2) is 73.1 Å². The Kier molecular flexibility index (Phi) is 5.05. The summed E-state index contributed by atoms with van der Waals surface area (Å²) in [5.74, 6) is 0.656. The lowest BCUT2D eigenvalue weighted by atomic mass is 10.1. The van der Waals surface area contributed by atoms with E-state index in [-0.39, 0.29) is 5.54 Å². The molecule has 2 N–H and O–H groups in total. The van der Waals surface area contributed by atoms with Crippen LogP contribution in [0.4, 0.5) is 5.13 Å². The van der Waals surface area contributed by atoms with E-state index < -0.39 is 0 Å². The van der Waals surface area contributed by atoms with Crippen molar-refractivity contribution >= 4 is 22.4 Å². The minimum absolute atomic E-state index is 0.0212. The van der Waals surface area contributed by atoms with Crippen LogP contribution in [0, 0.1) is 0 Å². The number of guanidine groups is 1. The molecular weight excluding hydrogens is 284 g/mol. The molecule has 0 bridgehead atoms. The number of piperazine rings is 1. The minimum Gasteiger partial charge on any atom is -0.370 e. The average molecular weight is 310 g/mol. The van der Waals surface area contributed by atoms with Crippen LogP contribution in [0.25, 0.3) is 0 Å². The maximum Gasteiger partial charge on any atom is 0.191 e. The average Bonchev–Trinajstić information content (AvgIpc) is 2.99. The highest BCUT2D eigenvalue weighted by Crippen LogP contribution is 2.18. The van der Waals surface area contributed by atoms with E-state index in [9.17, 15) is 0 Å². The molecule has 118 valence electrons. The second-order valence-corrected chi connectivity index (χ2v) is 7.04. The summed E-state index contributed by atoms with van der Waals surface area (Å²) in [6.45, 7) is 8.74. The van der Waals surface area contributed by atoms with Gasteiger partial charge in [-0.1, -0.05) is 0 Å². The Bertz CT molecular complexity index is 460. The molecule has 0 unspecified atom stereocenters. The lowest BCUT2D eigenvalue weighted by molar-refractivity contribution is 0.204. The molecule has 7 heteroatoms. The Labute approximate surface area is 131 Å². The summed E-state index contributed by atoms with van der Waals surface area (Å²) < 4.78 is 0. The van der Waals surface area contributed by atoms with Crippen LogP contribution in [0.5, 0.6) is 0 Å². The van der Waals surface area contributed by atoms with Crippen molar-refractivity contribution in [2.24, 2.45) is 10.7 Å². The van der Waals surface area contributed by atoms with Crippen LogP contribution in [0.2, 0.25) is 0 Å². The summed E-state index contributed by atoms with van der Waals surface area (Å²) in [6, 6.07) is 0. The molecule has 0 atom stereocenters. The molecule has 0 aromatic carbocycles. The van der Waals surface area contributed by atoms with Crippen LogP contribution >= 0.6 is 11.3 Å². The first-order chi connectivity index (χ1) is 9.90. The van der Waals surface area contributed by atoms with Gasteiger partial charge in [0, 0.05) is 43.3 Å². The van der Waals surface area contributed by atoms with E-state index in [2.05, 4.69) is 52.6 Å². The summed E-state index contributed by atoms with van der Waals surface area (Å²) in [7, 11) is 4.14. The summed E-state index contributed by atoms with van der Waals surface area (Å²) in [4.78, 5) is 15.6. The maximum absolute atomic E-state index is 6.15. The fourth-order valence-corrected chi connectivity index (χ4v) is 2.71. The summed E-state index contributed by atoms with van der Waals surface area (Å²) >= 11 is 1.69. The quantitative estimate of drug-likeness (QED) is 0.662. The first-order valence-corrected chi connectivity index (χ1v) is 8.15. The van der Waals surface area contributed by atoms with E-state index in [1.807, 2.05) is 11.6 Å². The molecule has 1 fully saturated rings. The maximum atomic E-state index is 6.15. The molecule has 0 spiro atoms.